The van der Waals surface area contributed by atoms with Gasteiger partial charge in [-0.25, -0.2) is 0 Å². The van der Waals surface area contributed by atoms with E-state index in [0.29, 0.717) is 0 Å². The van der Waals surface area contributed by atoms with Crippen molar-refractivity contribution in [2.24, 2.45) is 0 Å². The van der Waals surface area contributed by atoms with E-state index in [2.05, 4.69) is 23.4 Å². The smallest absolute Gasteiger partial charge is 0.0675 e. The molecular formula is C9H12N2. The number of hydrogen-bond donors (Lipinski definition) is 1. The molecule has 0 saturated carbocycles. The standard InChI is InChI=1S/C9H12N2/c1-6(2)8-5-10-11-9(8)7(3)4/h5H,1,3H2,2,4H3,(H,10,11). The number of hydrogen-bond acceptors (Lipinski definition) is 1. The molecule has 2 nitrogen and oxygen atoms in total. The van der Waals surface area contributed by atoms with Gasteiger partial charge in [0, 0.05) is 5.56 Å². The average Bonchev–Trinajstić information content (AvgIpc) is 2.32. The van der Waals surface area contributed by atoms with Crippen molar-refractivity contribution in [2.45, 2.75) is 13.8 Å². The third-order valence-electron chi connectivity index (χ3n) is 1.53. The van der Waals surface area contributed by atoms with Gasteiger partial charge in [-0.05, 0) is 25.0 Å². The van der Waals surface area contributed by atoms with E-state index >= 15 is 0 Å². The molecule has 0 saturated heterocycles. The van der Waals surface area contributed by atoms with Crippen LogP contribution in [0.4, 0.5) is 0 Å². The zero-order valence-corrected chi connectivity index (χ0v) is 6.94. The maximum atomic E-state index is 3.92. The van der Waals surface area contributed by atoms with Crippen LogP contribution in [-0.4, -0.2) is 10.2 Å². The molecule has 0 radical (unpaired) electrons. The number of H-pyrrole nitrogens is 1. The van der Waals surface area contributed by atoms with Crippen LogP contribution in [0.25, 0.3) is 11.1 Å². The Morgan fingerprint density at radius 1 is 1.36 bits per heavy atom. The minimum atomic E-state index is 0.984. The van der Waals surface area contributed by atoms with Crippen molar-refractivity contribution in [3.05, 3.63) is 30.6 Å². The van der Waals surface area contributed by atoms with E-state index in [1.807, 2.05) is 13.8 Å². The summed E-state index contributed by atoms with van der Waals surface area (Å²) < 4.78 is 0. The lowest BCUT2D eigenvalue weighted by Crippen LogP contribution is -1.83. The van der Waals surface area contributed by atoms with E-state index in [-0.39, 0.29) is 0 Å². The first-order chi connectivity index (χ1) is 5.13. The molecule has 0 unspecified atom stereocenters. The summed E-state index contributed by atoms with van der Waals surface area (Å²) >= 11 is 0. The van der Waals surface area contributed by atoms with E-state index in [1.165, 1.54) is 0 Å². The van der Waals surface area contributed by atoms with Gasteiger partial charge in [-0.2, -0.15) is 5.10 Å². The summed E-state index contributed by atoms with van der Waals surface area (Å²) in [6.07, 6.45) is 1.77. The Morgan fingerprint density at radius 2 is 2.00 bits per heavy atom. The van der Waals surface area contributed by atoms with Crippen molar-refractivity contribution >= 4 is 11.1 Å². The molecule has 1 aromatic heterocycles. The van der Waals surface area contributed by atoms with Gasteiger partial charge in [0.15, 0.2) is 0 Å². The Hall–Kier alpha value is -1.31. The van der Waals surface area contributed by atoms with Crippen LogP contribution in [0.2, 0.25) is 0 Å². The number of rotatable bonds is 2. The molecule has 0 bridgehead atoms. The van der Waals surface area contributed by atoms with Crippen molar-refractivity contribution < 1.29 is 0 Å². The summed E-state index contributed by atoms with van der Waals surface area (Å²) in [5, 5.41) is 6.79. The Kier molecular flexibility index (Phi) is 1.94. The van der Waals surface area contributed by atoms with Crippen molar-refractivity contribution in [1.82, 2.24) is 10.2 Å². The summed E-state index contributed by atoms with van der Waals surface area (Å²) in [5.41, 5.74) is 4.03. The second kappa shape index (κ2) is 2.74. The summed E-state index contributed by atoms with van der Waals surface area (Å²) in [4.78, 5) is 0. The van der Waals surface area contributed by atoms with E-state index in [0.717, 1.165) is 22.4 Å². The van der Waals surface area contributed by atoms with Crippen LogP contribution in [-0.2, 0) is 0 Å². The van der Waals surface area contributed by atoms with Gasteiger partial charge in [0.25, 0.3) is 0 Å². The van der Waals surface area contributed by atoms with E-state index in [4.69, 9.17) is 0 Å². The maximum absolute atomic E-state index is 3.92. The first kappa shape index (κ1) is 7.79. The second-order valence-corrected chi connectivity index (χ2v) is 2.72. The van der Waals surface area contributed by atoms with Gasteiger partial charge in [0.1, 0.15) is 0 Å². The molecule has 0 fully saturated rings. The average molecular weight is 148 g/mol. The third-order valence-corrected chi connectivity index (χ3v) is 1.53. The van der Waals surface area contributed by atoms with Crippen LogP contribution in [0, 0.1) is 0 Å². The van der Waals surface area contributed by atoms with E-state index in [9.17, 15) is 0 Å². The Labute approximate surface area is 66.6 Å². The lowest BCUT2D eigenvalue weighted by atomic mass is 10.1. The minimum absolute atomic E-state index is 0.984. The van der Waals surface area contributed by atoms with Gasteiger partial charge < -0.3 is 0 Å². The van der Waals surface area contributed by atoms with E-state index in [1.54, 1.807) is 6.20 Å². The van der Waals surface area contributed by atoms with Crippen LogP contribution in [0.5, 0.6) is 0 Å². The van der Waals surface area contributed by atoms with Crippen LogP contribution in [0.1, 0.15) is 25.1 Å². The zero-order valence-electron chi connectivity index (χ0n) is 6.94. The maximum Gasteiger partial charge on any atom is 0.0675 e. The fraction of sp³-hybridized carbons (Fsp3) is 0.222. The van der Waals surface area contributed by atoms with Crippen molar-refractivity contribution in [2.75, 3.05) is 0 Å². The molecule has 0 aliphatic heterocycles. The molecule has 0 aliphatic carbocycles. The van der Waals surface area contributed by atoms with Crippen LogP contribution in [0.3, 0.4) is 0 Å². The summed E-state index contributed by atoms with van der Waals surface area (Å²) in [7, 11) is 0. The highest BCUT2D eigenvalue weighted by Gasteiger charge is 2.04. The Bertz CT molecular complexity index is 266. The highest BCUT2D eigenvalue weighted by Crippen LogP contribution is 2.19. The van der Waals surface area contributed by atoms with Gasteiger partial charge in [0.2, 0.25) is 0 Å². The molecule has 1 heterocycles. The highest BCUT2D eigenvalue weighted by molar-refractivity contribution is 5.73. The number of nitrogens with zero attached hydrogens (tertiary/aromatic N) is 1. The predicted octanol–water partition coefficient (Wildman–Crippen LogP) is 2.48. The molecule has 0 spiro atoms. The van der Waals surface area contributed by atoms with Crippen molar-refractivity contribution in [3.63, 3.8) is 0 Å². The number of aromatic nitrogens is 2. The molecule has 0 amide bonds. The summed E-state index contributed by atoms with van der Waals surface area (Å²) in [6, 6.07) is 0. The minimum Gasteiger partial charge on any atom is -0.278 e. The largest absolute Gasteiger partial charge is 0.278 e. The fourth-order valence-corrected chi connectivity index (χ4v) is 0.935. The van der Waals surface area contributed by atoms with Gasteiger partial charge >= 0.3 is 0 Å². The first-order valence-corrected chi connectivity index (χ1v) is 3.48. The normalized spacial score (nSPS) is 9.64. The molecule has 0 aromatic carbocycles. The first-order valence-electron chi connectivity index (χ1n) is 3.48. The molecule has 1 aromatic rings. The Morgan fingerprint density at radius 3 is 2.36 bits per heavy atom. The summed E-state index contributed by atoms with van der Waals surface area (Å²) in [6.45, 7) is 11.6. The number of aromatic amines is 1. The third kappa shape index (κ3) is 1.40. The summed E-state index contributed by atoms with van der Waals surface area (Å²) in [5.74, 6) is 0. The van der Waals surface area contributed by atoms with Crippen LogP contribution >= 0.6 is 0 Å². The SMILES string of the molecule is C=C(C)c1cn[nH]c1C(=C)C. The Balaban J connectivity index is 3.16. The quantitative estimate of drug-likeness (QED) is 0.685. The molecule has 1 N–H and O–H groups in total. The van der Waals surface area contributed by atoms with Gasteiger partial charge in [0.05, 0.1) is 11.9 Å². The zero-order chi connectivity index (χ0) is 8.43. The highest BCUT2D eigenvalue weighted by atomic mass is 15.1. The molecule has 58 valence electrons. The number of allylic oxidation sites excluding steroid dienone is 2. The van der Waals surface area contributed by atoms with Gasteiger partial charge in [-0.15, -0.1) is 0 Å². The van der Waals surface area contributed by atoms with Gasteiger partial charge in [-0.1, -0.05) is 13.2 Å². The van der Waals surface area contributed by atoms with Crippen molar-refractivity contribution in [3.8, 4) is 0 Å². The van der Waals surface area contributed by atoms with Crippen molar-refractivity contribution in [1.29, 1.82) is 0 Å². The van der Waals surface area contributed by atoms with E-state index < -0.39 is 0 Å². The lowest BCUT2D eigenvalue weighted by molar-refractivity contribution is 1.07. The van der Waals surface area contributed by atoms with Gasteiger partial charge in [-0.3, -0.25) is 5.10 Å². The topological polar surface area (TPSA) is 28.7 Å². The van der Waals surface area contributed by atoms with Crippen LogP contribution < -0.4 is 0 Å². The molecule has 11 heavy (non-hydrogen) atoms. The molecule has 0 aliphatic rings. The monoisotopic (exact) mass is 148 g/mol. The number of nitrogens with one attached hydrogen (secondary N) is 1. The molecule has 0 atom stereocenters. The van der Waals surface area contributed by atoms with Crippen LogP contribution in [0.15, 0.2) is 19.4 Å². The molecule has 2 heteroatoms. The second-order valence-electron chi connectivity index (χ2n) is 2.72. The lowest BCUT2D eigenvalue weighted by Gasteiger charge is -1.99. The molecule has 1 rings (SSSR count). The molecular weight excluding hydrogens is 136 g/mol. The fourth-order valence-electron chi connectivity index (χ4n) is 0.935. The predicted molar refractivity (Wildman–Crippen MR) is 48.0 cm³/mol.